The van der Waals surface area contributed by atoms with Gasteiger partial charge in [0, 0.05) is 30.9 Å². The van der Waals surface area contributed by atoms with Gasteiger partial charge in [-0.25, -0.2) is 4.98 Å². The third-order valence-electron chi connectivity index (χ3n) is 4.97. The number of hydrogen-bond acceptors (Lipinski definition) is 6. The van der Waals surface area contributed by atoms with Crippen LogP contribution in [0.1, 0.15) is 30.9 Å². The summed E-state index contributed by atoms with van der Waals surface area (Å²) in [5.74, 6) is 1.34. The molecule has 1 aromatic heterocycles. The summed E-state index contributed by atoms with van der Waals surface area (Å²) >= 11 is 0. The van der Waals surface area contributed by atoms with Crippen molar-refractivity contribution < 1.29 is 19.5 Å². The molecule has 0 atom stereocenters. The van der Waals surface area contributed by atoms with Gasteiger partial charge < -0.3 is 19.6 Å². The van der Waals surface area contributed by atoms with E-state index in [-0.39, 0.29) is 11.9 Å². The van der Waals surface area contributed by atoms with Gasteiger partial charge in [0.25, 0.3) is 0 Å². The van der Waals surface area contributed by atoms with Crippen LogP contribution in [0.15, 0.2) is 47.8 Å². The molecule has 0 unspecified atom stereocenters. The number of aryl methyl sites for hydroxylation is 1. The Morgan fingerprint density at radius 1 is 1.21 bits per heavy atom. The average Bonchev–Trinajstić information content (AvgIpc) is 2.76. The van der Waals surface area contributed by atoms with Crippen LogP contribution in [0.4, 0.5) is 0 Å². The number of ether oxygens (including phenoxy) is 2. The zero-order valence-corrected chi connectivity index (χ0v) is 16.2. The molecule has 0 saturated carbocycles. The van der Waals surface area contributed by atoms with Gasteiger partial charge in [-0.05, 0) is 43.0 Å². The van der Waals surface area contributed by atoms with E-state index >= 15 is 0 Å². The molecule has 1 N–H and O–H groups in total. The smallest absolute Gasteiger partial charge is 0.308 e. The minimum atomic E-state index is -0.183. The summed E-state index contributed by atoms with van der Waals surface area (Å²) in [6.07, 6.45) is 3.92. The maximum atomic E-state index is 11.7. The molecule has 0 radical (unpaired) electrons. The fourth-order valence-corrected chi connectivity index (χ4v) is 3.28. The Bertz CT molecular complexity index is 811. The lowest BCUT2D eigenvalue weighted by Crippen LogP contribution is -2.41. The fourth-order valence-electron chi connectivity index (χ4n) is 3.28. The Labute approximate surface area is 164 Å². The normalized spacial score (nSPS) is 15.4. The molecule has 0 bridgehead atoms. The van der Waals surface area contributed by atoms with Gasteiger partial charge in [-0.15, -0.1) is 0 Å². The van der Waals surface area contributed by atoms with E-state index in [0.29, 0.717) is 43.2 Å². The number of pyridine rings is 1. The average molecular weight is 383 g/mol. The molecular weight excluding hydrogens is 358 g/mol. The van der Waals surface area contributed by atoms with Crippen LogP contribution in [0.2, 0.25) is 0 Å². The predicted octanol–water partition coefficient (Wildman–Crippen LogP) is 3.46. The van der Waals surface area contributed by atoms with E-state index < -0.39 is 0 Å². The molecule has 1 aromatic carbocycles. The van der Waals surface area contributed by atoms with Gasteiger partial charge in [0.15, 0.2) is 5.84 Å². The maximum absolute atomic E-state index is 11.7. The highest BCUT2D eigenvalue weighted by Crippen LogP contribution is 2.23. The quantitative estimate of drug-likeness (QED) is 0.280. The van der Waals surface area contributed by atoms with E-state index in [4.69, 9.17) is 9.47 Å². The number of hydrogen-bond donors (Lipinski definition) is 1. The Balaban J connectivity index is 1.63. The topological polar surface area (TPSA) is 84.2 Å². The van der Waals surface area contributed by atoms with Crippen LogP contribution in [0, 0.1) is 5.92 Å². The van der Waals surface area contributed by atoms with Crippen LogP contribution >= 0.6 is 0 Å². The van der Waals surface area contributed by atoms with Crippen LogP contribution in [0.5, 0.6) is 11.6 Å². The lowest BCUT2D eigenvalue weighted by Gasteiger charge is -2.32. The number of methoxy groups -OCH3 is 1. The van der Waals surface area contributed by atoms with Gasteiger partial charge in [-0.3, -0.25) is 4.79 Å². The van der Waals surface area contributed by atoms with Gasteiger partial charge in [-0.1, -0.05) is 24.2 Å². The van der Waals surface area contributed by atoms with E-state index in [1.165, 1.54) is 12.7 Å². The summed E-state index contributed by atoms with van der Waals surface area (Å²) in [4.78, 5) is 17.9. The molecule has 2 heterocycles. The van der Waals surface area contributed by atoms with Crippen molar-refractivity contribution in [1.82, 2.24) is 9.88 Å². The van der Waals surface area contributed by atoms with Crippen molar-refractivity contribution in [2.45, 2.75) is 26.2 Å². The van der Waals surface area contributed by atoms with Gasteiger partial charge in [0.1, 0.15) is 5.75 Å². The first kappa shape index (κ1) is 19.7. The molecule has 7 heteroatoms. The first-order chi connectivity index (χ1) is 13.6. The van der Waals surface area contributed by atoms with Crippen molar-refractivity contribution in [3.63, 3.8) is 0 Å². The van der Waals surface area contributed by atoms with Crippen molar-refractivity contribution >= 4 is 11.8 Å². The van der Waals surface area contributed by atoms with E-state index in [0.717, 1.165) is 12.2 Å². The lowest BCUT2D eigenvalue weighted by atomic mass is 9.96. The molecular formula is C21H25N3O4. The van der Waals surface area contributed by atoms with E-state index in [1.54, 1.807) is 12.3 Å². The van der Waals surface area contributed by atoms with Crippen LogP contribution in [-0.2, 0) is 16.0 Å². The number of carbonyl (C=O) groups is 1. The molecule has 148 valence electrons. The summed E-state index contributed by atoms with van der Waals surface area (Å²) in [6, 6.07) is 11.4. The minimum Gasteiger partial charge on any atom is -0.469 e. The predicted molar refractivity (Wildman–Crippen MR) is 105 cm³/mol. The summed E-state index contributed by atoms with van der Waals surface area (Å²) in [6.45, 7) is 3.33. The van der Waals surface area contributed by atoms with Crippen molar-refractivity contribution in [3.8, 4) is 11.6 Å². The lowest BCUT2D eigenvalue weighted by molar-refractivity contribution is -0.146. The number of aromatic nitrogens is 1. The van der Waals surface area contributed by atoms with Crippen LogP contribution in [0.25, 0.3) is 0 Å². The maximum Gasteiger partial charge on any atom is 0.308 e. The minimum absolute atomic E-state index is 0.103. The standard InChI is InChI=1S/C21H25N3O4/c1-3-15-4-7-18(8-5-15)28-19-9-6-17(14-22-19)20(23-26)24-12-10-16(11-13-24)21(25)27-2/h4-9,14,16,26H,3,10-13H2,1-2H3/b23-20-. The highest BCUT2D eigenvalue weighted by atomic mass is 16.5. The van der Waals surface area contributed by atoms with Crippen LogP contribution < -0.4 is 4.74 Å². The highest BCUT2D eigenvalue weighted by molar-refractivity contribution is 5.98. The summed E-state index contributed by atoms with van der Waals surface area (Å²) in [5.41, 5.74) is 1.93. The fraction of sp³-hybridized carbons (Fsp3) is 0.381. The van der Waals surface area contributed by atoms with Gasteiger partial charge >= 0.3 is 5.97 Å². The SMILES string of the molecule is CCc1ccc(Oc2ccc(/C(=N/O)N3CCC(C(=O)OC)CC3)cn2)cc1. The number of likely N-dealkylation sites (tertiary alicyclic amines) is 1. The van der Waals surface area contributed by atoms with Gasteiger partial charge in [0.05, 0.1) is 13.0 Å². The second-order valence-corrected chi connectivity index (χ2v) is 6.69. The third-order valence-corrected chi connectivity index (χ3v) is 4.97. The summed E-state index contributed by atoms with van der Waals surface area (Å²) in [5, 5.41) is 13.0. The molecule has 1 aliphatic heterocycles. The Hall–Kier alpha value is -3.09. The van der Waals surface area contributed by atoms with Gasteiger partial charge in [-0.2, -0.15) is 0 Å². The molecule has 0 amide bonds. The number of piperidine rings is 1. The number of benzene rings is 1. The summed E-state index contributed by atoms with van der Waals surface area (Å²) in [7, 11) is 1.41. The van der Waals surface area contributed by atoms with Crippen molar-refractivity contribution in [3.05, 3.63) is 53.7 Å². The van der Waals surface area contributed by atoms with Crippen molar-refractivity contribution in [2.75, 3.05) is 20.2 Å². The van der Waals surface area contributed by atoms with Crippen molar-refractivity contribution in [1.29, 1.82) is 0 Å². The number of nitrogens with zero attached hydrogens (tertiary/aromatic N) is 3. The van der Waals surface area contributed by atoms with Gasteiger partial charge in [0.2, 0.25) is 5.88 Å². The largest absolute Gasteiger partial charge is 0.469 e. The second-order valence-electron chi connectivity index (χ2n) is 6.69. The third kappa shape index (κ3) is 4.60. The molecule has 0 spiro atoms. The number of oxime groups is 1. The van der Waals surface area contributed by atoms with E-state index in [9.17, 15) is 10.0 Å². The Kier molecular flexibility index (Phi) is 6.47. The number of rotatable bonds is 5. The van der Waals surface area contributed by atoms with Crippen molar-refractivity contribution in [2.24, 2.45) is 11.1 Å². The number of esters is 1. The van der Waals surface area contributed by atoms with E-state index in [2.05, 4.69) is 17.1 Å². The zero-order chi connectivity index (χ0) is 19.9. The Morgan fingerprint density at radius 2 is 1.93 bits per heavy atom. The molecule has 28 heavy (non-hydrogen) atoms. The molecule has 3 rings (SSSR count). The monoisotopic (exact) mass is 383 g/mol. The number of amidine groups is 1. The van der Waals surface area contributed by atoms with Crippen LogP contribution in [-0.4, -0.2) is 47.1 Å². The van der Waals surface area contributed by atoms with E-state index in [1.807, 2.05) is 35.2 Å². The second kappa shape index (κ2) is 9.21. The van der Waals surface area contributed by atoms with Crippen LogP contribution in [0.3, 0.4) is 0 Å². The zero-order valence-electron chi connectivity index (χ0n) is 16.2. The molecule has 7 nitrogen and oxygen atoms in total. The summed E-state index contributed by atoms with van der Waals surface area (Å²) < 4.78 is 10.6. The number of carbonyl (C=O) groups excluding carboxylic acids is 1. The Morgan fingerprint density at radius 3 is 2.46 bits per heavy atom. The highest BCUT2D eigenvalue weighted by Gasteiger charge is 2.28. The molecule has 0 aliphatic carbocycles. The first-order valence-electron chi connectivity index (χ1n) is 9.42. The molecule has 2 aromatic rings. The molecule has 1 fully saturated rings. The molecule has 1 aliphatic rings. The first-order valence-corrected chi connectivity index (χ1v) is 9.42. The molecule has 1 saturated heterocycles.